The van der Waals surface area contributed by atoms with Crippen molar-refractivity contribution in [2.24, 2.45) is 11.3 Å². The van der Waals surface area contributed by atoms with Crippen molar-refractivity contribution in [2.45, 2.75) is 57.1 Å². The van der Waals surface area contributed by atoms with Gasteiger partial charge in [-0.2, -0.15) is 0 Å². The molecule has 7 nitrogen and oxygen atoms in total. The SMILES string of the molecule is CCOC(=O)c1c(NC(=O)C(Sc2cccc(NC(=O)COc3ccccc3)c2)c2ccccc2)sc2c1CCC(C(C)(C)C)C2. The van der Waals surface area contributed by atoms with Crippen LogP contribution in [0.5, 0.6) is 5.75 Å². The summed E-state index contributed by atoms with van der Waals surface area (Å²) in [6.07, 6.45) is 2.64. The molecule has 0 bridgehead atoms. The van der Waals surface area contributed by atoms with Crippen LogP contribution < -0.4 is 15.4 Å². The number of amides is 2. The third-order valence-electron chi connectivity index (χ3n) is 8.03. The number of ether oxygens (including phenoxy) is 2. The van der Waals surface area contributed by atoms with E-state index in [-0.39, 0.29) is 30.4 Å². The maximum Gasteiger partial charge on any atom is 0.341 e. The third kappa shape index (κ3) is 8.39. The minimum atomic E-state index is -0.620. The lowest BCUT2D eigenvalue weighted by molar-refractivity contribution is -0.118. The first kappa shape index (κ1) is 33.3. The Morgan fingerprint density at radius 1 is 0.957 bits per heavy atom. The van der Waals surface area contributed by atoms with E-state index in [9.17, 15) is 14.4 Å². The summed E-state index contributed by atoms with van der Waals surface area (Å²) in [6, 6.07) is 26.1. The van der Waals surface area contributed by atoms with E-state index >= 15 is 0 Å². The first-order valence-electron chi connectivity index (χ1n) is 15.5. The monoisotopic (exact) mass is 656 g/mol. The molecule has 0 saturated heterocycles. The number of esters is 1. The number of fused-ring (bicyclic) bond motifs is 1. The van der Waals surface area contributed by atoms with Gasteiger partial charge < -0.3 is 20.1 Å². The van der Waals surface area contributed by atoms with Gasteiger partial charge in [-0.15, -0.1) is 23.1 Å². The van der Waals surface area contributed by atoms with E-state index in [1.165, 1.54) is 23.1 Å². The maximum atomic E-state index is 14.1. The van der Waals surface area contributed by atoms with Crippen molar-refractivity contribution in [3.05, 3.63) is 106 Å². The van der Waals surface area contributed by atoms with E-state index in [0.29, 0.717) is 27.9 Å². The fourth-order valence-corrected chi connectivity index (χ4v) is 7.96. The summed E-state index contributed by atoms with van der Waals surface area (Å²) in [4.78, 5) is 41.9. The number of benzene rings is 3. The summed E-state index contributed by atoms with van der Waals surface area (Å²) >= 11 is 2.87. The van der Waals surface area contributed by atoms with Crippen molar-refractivity contribution < 1.29 is 23.9 Å². The van der Waals surface area contributed by atoms with Crippen molar-refractivity contribution in [1.82, 2.24) is 0 Å². The molecule has 3 aromatic carbocycles. The largest absolute Gasteiger partial charge is 0.484 e. The number of nitrogens with one attached hydrogen (secondary N) is 2. The second-order valence-corrected chi connectivity index (χ2v) is 14.6. The lowest BCUT2D eigenvalue weighted by atomic mass is 9.72. The standard InChI is InChI=1S/C37H40N2O5S2/c1-5-43-36(42)32-29-20-19-25(37(2,3)4)21-30(29)46-35(32)39-34(41)33(24-13-8-6-9-14-24)45-28-18-12-15-26(22-28)38-31(40)23-44-27-16-10-7-11-17-27/h6-18,22,25,33H,5,19-21,23H2,1-4H3,(H,38,40)(H,39,41). The molecule has 0 fully saturated rings. The van der Waals surface area contributed by atoms with E-state index in [2.05, 4.69) is 31.4 Å². The van der Waals surface area contributed by atoms with Crippen LogP contribution in [0.4, 0.5) is 10.7 Å². The van der Waals surface area contributed by atoms with Crippen molar-refractivity contribution in [1.29, 1.82) is 0 Å². The Hall–Kier alpha value is -4.08. The van der Waals surface area contributed by atoms with Gasteiger partial charge in [-0.05, 0) is 79.0 Å². The Labute approximate surface area is 279 Å². The van der Waals surface area contributed by atoms with Crippen molar-refractivity contribution in [3.8, 4) is 5.75 Å². The number of para-hydroxylation sites is 1. The van der Waals surface area contributed by atoms with Gasteiger partial charge in [0, 0.05) is 15.5 Å². The molecular formula is C37H40N2O5S2. The van der Waals surface area contributed by atoms with E-state index in [1.54, 1.807) is 25.1 Å². The number of hydrogen-bond acceptors (Lipinski definition) is 7. The van der Waals surface area contributed by atoms with Crippen LogP contribution in [0.2, 0.25) is 0 Å². The molecule has 1 aliphatic rings. The van der Waals surface area contributed by atoms with Gasteiger partial charge in [-0.25, -0.2) is 4.79 Å². The second kappa shape index (κ2) is 15.0. The Balaban J connectivity index is 1.36. The highest BCUT2D eigenvalue weighted by Gasteiger charge is 2.35. The molecule has 1 aliphatic carbocycles. The summed E-state index contributed by atoms with van der Waals surface area (Å²) in [5.41, 5.74) is 3.06. The van der Waals surface area contributed by atoms with Gasteiger partial charge in [0.1, 0.15) is 16.0 Å². The third-order valence-corrected chi connectivity index (χ3v) is 10.4. The number of carbonyl (C=O) groups excluding carboxylic acids is 3. The number of hydrogen-bond donors (Lipinski definition) is 2. The normalized spacial score (nSPS) is 14.9. The quantitative estimate of drug-likeness (QED) is 0.124. The average molecular weight is 657 g/mol. The van der Waals surface area contributed by atoms with Crippen LogP contribution in [-0.2, 0) is 27.2 Å². The number of carbonyl (C=O) groups is 3. The average Bonchev–Trinajstić information content (AvgIpc) is 3.40. The summed E-state index contributed by atoms with van der Waals surface area (Å²) in [7, 11) is 0. The molecule has 2 amide bonds. The zero-order valence-electron chi connectivity index (χ0n) is 26.6. The molecule has 5 rings (SSSR count). The lowest BCUT2D eigenvalue weighted by Gasteiger charge is -2.33. The van der Waals surface area contributed by atoms with Crippen LogP contribution in [0.15, 0.2) is 89.8 Å². The fraction of sp³-hybridized carbons (Fsp3) is 0.324. The topological polar surface area (TPSA) is 93.7 Å². The van der Waals surface area contributed by atoms with Gasteiger partial charge in [-0.3, -0.25) is 9.59 Å². The minimum absolute atomic E-state index is 0.124. The molecule has 2 N–H and O–H groups in total. The van der Waals surface area contributed by atoms with Crippen LogP contribution in [-0.4, -0.2) is 31.0 Å². The summed E-state index contributed by atoms with van der Waals surface area (Å²) < 4.78 is 11.0. The minimum Gasteiger partial charge on any atom is -0.484 e. The highest BCUT2D eigenvalue weighted by molar-refractivity contribution is 8.00. The Morgan fingerprint density at radius 2 is 1.67 bits per heavy atom. The fourth-order valence-electron chi connectivity index (χ4n) is 5.56. The number of thioether (sulfide) groups is 1. The zero-order chi connectivity index (χ0) is 32.7. The van der Waals surface area contributed by atoms with Crippen LogP contribution in [0.3, 0.4) is 0 Å². The van der Waals surface area contributed by atoms with Gasteiger partial charge in [0.15, 0.2) is 6.61 Å². The van der Waals surface area contributed by atoms with E-state index in [1.807, 2.05) is 66.7 Å². The van der Waals surface area contributed by atoms with Crippen LogP contribution in [0, 0.1) is 11.3 Å². The molecule has 2 atom stereocenters. The molecule has 4 aromatic rings. The van der Waals surface area contributed by atoms with E-state index < -0.39 is 11.2 Å². The Morgan fingerprint density at radius 3 is 2.37 bits per heavy atom. The molecule has 1 heterocycles. The van der Waals surface area contributed by atoms with E-state index in [0.717, 1.165) is 40.2 Å². The number of thiophene rings is 1. The van der Waals surface area contributed by atoms with Gasteiger partial charge >= 0.3 is 5.97 Å². The molecule has 9 heteroatoms. The van der Waals surface area contributed by atoms with Crippen LogP contribution in [0.25, 0.3) is 0 Å². The van der Waals surface area contributed by atoms with Gasteiger partial charge in [0.05, 0.1) is 12.2 Å². The molecule has 2 unspecified atom stereocenters. The predicted octanol–water partition coefficient (Wildman–Crippen LogP) is 8.57. The summed E-state index contributed by atoms with van der Waals surface area (Å²) in [5.74, 6) is 0.185. The molecule has 0 aliphatic heterocycles. The van der Waals surface area contributed by atoms with Gasteiger partial charge in [0.2, 0.25) is 5.91 Å². The smallest absolute Gasteiger partial charge is 0.341 e. The first-order valence-corrected chi connectivity index (χ1v) is 17.2. The summed E-state index contributed by atoms with van der Waals surface area (Å²) in [5, 5.41) is 5.94. The van der Waals surface area contributed by atoms with Crippen LogP contribution >= 0.6 is 23.1 Å². The highest BCUT2D eigenvalue weighted by atomic mass is 32.2. The molecule has 240 valence electrons. The Bertz CT molecular complexity index is 1660. The van der Waals surface area contributed by atoms with Crippen LogP contribution in [0.1, 0.15) is 65.7 Å². The molecular weight excluding hydrogens is 617 g/mol. The zero-order valence-corrected chi connectivity index (χ0v) is 28.3. The number of anilines is 2. The van der Waals surface area contributed by atoms with Gasteiger partial charge in [-0.1, -0.05) is 75.4 Å². The lowest BCUT2D eigenvalue weighted by Crippen LogP contribution is -2.26. The predicted molar refractivity (Wildman–Crippen MR) is 186 cm³/mol. The molecule has 0 spiro atoms. The molecule has 0 radical (unpaired) electrons. The highest BCUT2D eigenvalue weighted by Crippen LogP contribution is 2.45. The first-order chi connectivity index (χ1) is 22.1. The molecule has 46 heavy (non-hydrogen) atoms. The Kier molecular flexibility index (Phi) is 10.9. The van der Waals surface area contributed by atoms with Gasteiger partial charge in [0.25, 0.3) is 5.91 Å². The molecule has 1 aromatic heterocycles. The van der Waals surface area contributed by atoms with Crippen molar-refractivity contribution in [3.63, 3.8) is 0 Å². The summed E-state index contributed by atoms with van der Waals surface area (Å²) in [6.45, 7) is 8.69. The molecule has 0 saturated carbocycles. The van der Waals surface area contributed by atoms with E-state index in [4.69, 9.17) is 9.47 Å². The maximum absolute atomic E-state index is 14.1. The second-order valence-electron chi connectivity index (χ2n) is 12.3. The van der Waals surface area contributed by atoms with Crippen molar-refractivity contribution in [2.75, 3.05) is 23.8 Å². The number of rotatable bonds is 11. The van der Waals surface area contributed by atoms with Crippen molar-refractivity contribution >= 4 is 51.6 Å².